The van der Waals surface area contributed by atoms with E-state index in [1.54, 1.807) is 21.1 Å². The molecule has 0 saturated carbocycles. The Morgan fingerprint density at radius 1 is 0.971 bits per heavy atom. The maximum Gasteiger partial charge on any atom is 0.338 e. The van der Waals surface area contributed by atoms with Crippen molar-refractivity contribution < 1.29 is 19.0 Å². The van der Waals surface area contributed by atoms with Gasteiger partial charge in [0.1, 0.15) is 6.04 Å². The number of rotatable bonds is 6. The van der Waals surface area contributed by atoms with Gasteiger partial charge in [0.2, 0.25) is 5.95 Å². The average Bonchev–Trinajstić information content (AvgIpc) is 3.26. The molecule has 0 saturated heterocycles. The van der Waals surface area contributed by atoms with Crippen LogP contribution in [0.3, 0.4) is 0 Å². The highest BCUT2D eigenvalue weighted by Gasteiger charge is 2.38. The Kier molecular flexibility index (Phi) is 5.67. The Morgan fingerprint density at radius 3 is 2.47 bits per heavy atom. The summed E-state index contributed by atoms with van der Waals surface area (Å²) in [6.45, 7) is 2.06. The summed E-state index contributed by atoms with van der Waals surface area (Å²) in [5.74, 6) is 1.35. The number of benzene rings is 3. The number of carbonyl (C=O) groups is 1. The highest BCUT2D eigenvalue weighted by Crippen LogP contribution is 2.46. The number of hydrogen-bond donors (Lipinski definition) is 1. The van der Waals surface area contributed by atoms with Gasteiger partial charge in [-0.05, 0) is 30.7 Å². The van der Waals surface area contributed by atoms with Crippen molar-refractivity contribution in [1.82, 2.24) is 9.55 Å². The molecule has 1 aliphatic rings. The minimum Gasteiger partial charge on any atom is -0.493 e. The van der Waals surface area contributed by atoms with Crippen LogP contribution in [0.15, 0.2) is 78.4 Å². The highest BCUT2D eigenvalue weighted by atomic mass is 16.5. The number of aromatic nitrogens is 2. The van der Waals surface area contributed by atoms with Crippen molar-refractivity contribution in [2.75, 3.05) is 26.1 Å². The molecule has 7 nitrogen and oxygen atoms in total. The Morgan fingerprint density at radius 2 is 1.74 bits per heavy atom. The molecule has 0 aliphatic carbocycles. The molecule has 2 heterocycles. The molecule has 5 rings (SSSR count). The summed E-state index contributed by atoms with van der Waals surface area (Å²) in [6.07, 6.45) is 0. The quantitative estimate of drug-likeness (QED) is 0.411. The Bertz CT molecular complexity index is 1390. The van der Waals surface area contributed by atoms with Crippen LogP contribution in [-0.2, 0) is 9.53 Å². The van der Waals surface area contributed by atoms with Crippen LogP contribution in [0.25, 0.3) is 16.7 Å². The third kappa shape index (κ3) is 3.46. The molecule has 0 fully saturated rings. The Balaban J connectivity index is 1.88. The molecule has 0 spiro atoms. The summed E-state index contributed by atoms with van der Waals surface area (Å²) < 4.78 is 19.0. The lowest BCUT2D eigenvalue weighted by molar-refractivity contribution is -0.138. The fourth-order valence-corrected chi connectivity index (χ4v) is 4.52. The molecule has 1 aliphatic heterocycles. The van der Waals surface area contributed by atoms with Gasteiger partial charge in [0.25, 0.3) is 0 Å². The molecule has 3 aromatic carbocycles. The number of methoxy groups -OCH3 is 2. The minimum absolute atomic E-state index is 0.254. The lowest BCUT2D eigenvalue weighted by Crippen LogP contribution is -2.29. The van der Waals surface area contributed by atoms with E-state index in [1.807, 2.05) is 77.4 Å². The summed E-state index contributed by atoms with van der Waals surface area (Å²) in [4.78, 5) is 18.4. The van der Waals surface area contributed by atoms with E-state index in [0.29, 0.717) is 28.7 Å². The standard InChI is InChI=1S/C27H25N3O4/c1-4-34-26(31)22-23(17-11-6-5-7-12-17)29-27-28-19-14-8-9-15-20(19)30(27)24(22)18-13-10-16-21(32-2)25(18)33-3/h5-16,24H,4H2,1-3H3,(H,28,29). The molecule has 0 amide bonds. The zero-order valence-electron chi connectivity index (χ0n) is 19.2. The number of nitrogens with zero attached hydrogens (tertiary/aromatic N) is 2. The van der Waals surface area contributed by atoms with Gasteiger partial charge in [0, 0.05) is 5.56 Å². The Labute approximate surface area is 197 Å². The largest absolute Gasteiger partial charge is 0.493 e. The summed E-state index contributed by atoms with van der Waals surface area (Å²) in [5.41, 5.74) is 4.44. The van der Waals surface area contributed by atoms with Crippen LogP contribution in [0.2, 0.25) is 0 Å². The molecule has 34 heavy (non-hydrogen) atoms. The van der Waals surface area contributed by atoms with Crippen molar-refractivity contribution in [3.8, 4) is 11.5 Å². The molecular weight excluding hydrogens is 430 g/mol. The van der Waals surface area contributed by atoms with E-state index in [9.17, 15) is 4.79 Å². The molecule has 4 aromatic rings. The van der Waals surface area contributed by atoms with E-state index in [2.05, 4.69) is 5.32 Å². The van der Waals surface area contributed by atoms with Gasteiger partial charge in [-0.1, -0.05) is 54.6 Å². The molecule has 1 N–H and O–H groups in total. The van der Waals surface area contributed by atoms with Crippen LogP contribution in [0.4, 0.5) is 5.95 Å². The van der Waals surface area contributed by atoms with Crippen molar-refractivity contribution >= 4 is 28.6 Å². The fraction of sp³-hybridized carbons (Fsp3) is 0.185. The van der Waals surface area contributed by atoms with E-state index in [1.165, 1.54) is 0 Å². The van der Waals surface area contributed by atoms with E-state index in [0.717, 1.165) is 22.2 Å². The van der Waals surface area contributed by atoms with Crippen LogP contribution < -0.4 is 14.8 Å². The van der Waals surface area contributed by atoms with Crippen molar-refractivity contribution in [3.63, 3.8) is 0 Å². The lowest BCUT2D eigenvalue weighted by atomic mass is 9.91. The predicted octanol–water partition coefficient (Wildman–Crippen LogP) is 5.04. The number of para-hydroxylation sites is 3. The van der Waals surface area contributed by atoms with Crippen LogP contribution in [-0.4, -0.2) is 36.3 Å². The monoisotopic (exact) mass is 455 g/mol. The van der Waals surface area contributed by atoms with Crippen molar-refractivity contribution in [2.45, 2.75) is 13.0 Å². The minimum atomic E-state index is -0.567. The molecule has 1 atom stereocenters. The second-order valence-electron chi connectivity index (χ2n) is 7.78. The zero-order valence-corrected chi connectivity index (χ0v) is 19.2. The normalized spacial score (nSPS) is 15.0. The smallest absolute Gasteiger partial charge is 0.338 e. The number of hydrogen-bond acceptors (Lipinski definition) is 6. The van der Waals surface area contributed by atoms with Gasteiger partial charge in [0.15, 0.2) is 11.5 Å². The summed E-state index contributed by atoms with van der Waals surface area (Å²) >= 11 is 0. The van der Waals surface area contributed by atoms with Gasteiger partial charge in [-0.25, -0.2) is 9.78 Å². The molecule has 1 unspecified atom stereocenters. The molecule has 1 aromatic heterocycles. The van der Waals surface area contributed by atoms with E-state index >= 15 is 0 Å². The van der Waals surface area contributed by atoms with Crippen molar-refractivity contribution in [1.29, 1.82) is 0 Å². The number of esters is 1. The summed E-state index contributed by atoms with van der Waals surface area (Å²) in [7, 11) is 3.20. The van der Waals surface area contributed by atoms with Gasteiger partial charge in [0.05, 0.1) is 43.1 Å². The second kappa shape index (κ2) is 8.94. The van der Waals surface area contributed by atoms with Crippen LogP contribution in [0, 0.1) is 0 Å². The van der Waals surface area contributed by atoms with Gasteiger partial charge >= 0.3 is 5.97 Å². The summed E-state index contributed by atoms with van der Waals surface area (Å²) in [5, 5.41) is 3.42. The highest BCUT2D eigenvalue weighted by molar-refractivity contribution is 6.03. The van der Waals surface area contributed by atoms with Gasteiger partial charge in [-0.3, -0.25) is 4.57 Å². The first-order valence-electron chi connectivity index (χ1n) is 11.1. The van der Waals surface area contributed by atoms with Gasteiger partial charge in [-0.2, -0.15) is 0 Å². The first kappa shape index (κ1) is 21.6. The third-order valence-electron chi connectivity index (χ3n) is 5.92. The molecule has 172 valence electrons. The fourth-order valence-electron chi connectivity index (χ4n) is 4.52. The molecular formula is C27H25N3O4. The predicted molar refractivity (Wildman–Crippen MR) is 131 cm³/mol. The number of nitrogens with one attached hydrogen (secondary N) is 1. The van der Waals surface area contributed by atoms with Crippen LogP contribution in [0.5, 0.6) is 11.5 Å². The van der Waals surface area contributed by atoms with Crippen molar-refractivity contribution in [2.24, 2.45) is 0 Å². The Hall–Kier alpha value is -4.26. The number of imidazole rings is 1. The zero-order chi connectivity index (χ0) is 23.7. The van der Waals surface area contributed by atoms with Gasteiger partial charge < -0.3 is 19.5 Å². The van der Waals surface area contributed by atoms with Crippen LogP contribution in [0.1, 0.15) is 24.1 Å². The second-order valence-corrected chi connectivity index (χ2v) is 7.78. The maximum absolute atomic E-state index is 13.6. The lowest BCUT2D eigenvalue weighted by Gasteiger charge is -2.32. The number of carbonyl (C=O) groups excluding carboxylic acids is 1. The van der Waals surface area contributed by atoms with Crippen LogP contribution >= 0.6 is 0 Å². The molecule has 0 radical (unpaired) electrons. The first-order valence-corrected chi connectivity index (χ1v) is 11.1. The average molecular weight is 456 g/mol. The van der Waals surface area contributed by atoms with E-state index in [-0.39, 0.29) is 6.61 Å². The molecule has 0 bridgehead atoms. The topological polar surface area (TPSA) is 74.6 Å². The number of fused-ring (bicyclic) bond motifs is 3. The van der Waals surface area contributed by atoms with E-state index < -0.39 is 12.0 Å². The third-order valence-corrected chi connectivity index (χ3v) is 5.92. The summed E-state index contributed by atoms with van der Waals surface area (Å²) in [6, 6.07) is 22.7. The first-order chi connectivity index (χ1) is 16.7. The maximum atomic E-state index is 13.6. The number of ether oxygens (including phenoxy) is 3. The van der Waals surface area contributed by atoms with Gasteiger partial charge in [-0.15, -0.1) is 0 Å². The SMILES string of the molecule is CCOC(=O)C1=C(c2ccccc2)Nc2nc3ccccc3n2C1c1cccc(OC)c1OC. The number of anilines is 1. The van der Waals surface area contributed by atoms with E-state index in [4.69, 9.17) is 19.2 Å². The molecule has 7 heteroatoms. The van der Waals surface area contributed by atoms with Crippen molar-refractivity contribution in [3.05, 3.63) is 89.5 Å².